The van der Waals surface area contributed by atoms with Crippen LogP contribution in [0.15, 0.2) is 255 Å². The summed E-state index contributed by atoms with van der Waals surface area (Å²) in [4.78, 5) is 3.96. The molecule has 0 saturated carbocycles. The third kappa shape index (κ3) is 44.2. The van der Waals surface area contributed by atoms with Crippen molar-refractivity contribution >= 4 is 0 Å². The molecule has 0 bridgehead atoms. The third-order valence-corrected chi connectivity index (χ3v) is 21.7. The number of rotatable bonds is 2. The number of aromatic nitrogens is 1. The molecule has 0 spiro atoms. The van der Waals surface area contributed by atoms with Gasteiger partial charge in [-0.2, -0.15) is 13.2 Å². The van der Waals surface area contributed by atoms with Crippen LogP contribution in [0.5, 0.6) is 11.5 Å². The van der Waals surface area contributed by atoms with Crippen molar-refractivity contribution in [3.63, 3.8) is 0 Å². The highest BCUT2D eigenvalue weighted by Gasteiger charge is 2.31. The maximum Gasteiger partial charge on any atom is 0.416 e. The summed E-state index contributed by atoms with van der Waals surface area (Å²) in [6.45, 7) is 83.2. The number of benzene rings is 10. The van der Waals surface area contributed by atoms with E-state index in [9.17, 15) is 26.3 Å². The van der Waals surface area contributed by atoms with Crippen LogP contribution in [-0.4, -0.2) is 18.7 Å². The van der Waals surface area contributed by atoms with Crippen LogP contribution < -0.4 is 9.47 Å². The number of aryl methyl sites for hydroxylation is 5. The van der Waals surface area contributed by atoms with Crippen LogP contribution in [0.1, 0.15) is 336 Å². The van der Waals surface area contributed by atoms with Gasteiger partial charge in [0, 0.05) is 18.8 Å². The zero-order chi connectivity index (χ0) is 98.2. The average Bonchev–Trinajstić information content (AvgIpc) is 1.62. The molecular formula is C119H165F6NO2. The first-order valence-electron chi connectivity index (χ1n) is 45.5. The lowest BCUT2D eigenvalue weighted by molar-refractivity contribution is -0.137. The molecule has 0 radical (unpaired) electrons. The van der Waals surface area contributed by atoms with Gasteiger partial charge in [-0.25, -0.2) is 13.2 Å². The average molecular weight is 1760 g/mol. The molecule has 2 heterocycles. The second-order valence-electron chi connectivity index (χ2n) is 44.8. The highest BCUT2D eigenvalue weighted by Crippen LogP contribution is 2.35. The Kier molecular flexibility index (Phi) is 44.3. The number of hydrogen-bond donors (Lipinski definition) is 0. The number of alkyl halides is 3. The van der Waals surface area contributed by atoms with Gasteiger partial charge in [0.1, 0.15) is 17.3 Å². The van der Waals surface area contributed by atoms with E-state index < -0.39 is 23.4 Å². The first-order valence-corrected chi connectivity index (χ1v) is 45.5. The van der Waals surface area contributed by atoms with Crippen molar-refractivity contribution in [1.82, 2.24) is 4.98 Å². The minimum absolute atomic E-state index is 0.107. The first-order chi connectivity index (χ1) is 58.4. The van der Waals surface area contributed by atoms with Crippen molar-refractivity contribution in [1.29, 1.82) is 0 Å². The van der Waals surface area contributed by atoms with Crippen LogP contribution in [0.4, 0.5) is 26.3 Å². The molecule has 0 atom stereocenters. The van der Waals surface area contributed by atoms with E-state index in [0.29, 0.717) is 5.41 Å². The maximum absolute atomic E-state index is 12.7. The van der Waals surface area contributed by atoms with Crippen LogP contribution in [0.2, 0.25) is 0 Å². The van der Waals surface area contributed by atoms with E-state index in [-0.39, 0.29) is 60.0 Å². The van der Waals surface area contributed by atoms with Gasteiger partial charge in [-0.1, -0.05) is 422 Å². The zero-order valence-electron chi connectivity index (χ0n) is 86.4. The normalized spacial score (nSPS) is 12.1. The summed E-state index contributed by atoms with van der Waals surface area (Å²) in [5, 5.41) is 0. The lowest BCUT2D eigenvalue weighted by Crippen LogP contribution is -2.12. The van der Waals surface area contributed by atoms with Gasteiger partial charge in [0.05, 0.1) is 19.3 Å². The van der Waals surface area contributed by atoms with E-state index in [1.807, 2.05) is 78.2 Å². The molecule has 11 aromatic rings. The second kappa shape index (κ2) is 49.5. The van der Waals surface area contributed by atoms with Crippen molar-refractivity contribution in [2.75, 3.05) is 13.7 Å². The Hall–Kier alpha value is -9.47. The standard InChI is InChI=1S/C12H16O.2C12H18.C11H13F3.C11H16O.2C11H16.C10H12F2.C10H13F.C10H14.C9H13N/c1-12(2,3)10-5-4-9-6-7-13-11(9)8-10;1-9-6-7-11(8-10(9)2)12(3,4)5;1-5-10-6-8-11(9-7-10)12(2,3)4;1-10(2,3)8-4-6-9(7-5-8)11(12,13)14;1-11(2,3)9-5-7-10(12-4)8-6-9;1-9-5-7-10(8-6-9)11(2,3)4;1-9-6-5-7-10(8-9)11(2,3)4;1-10(2,3)7-4-5-8(11)9(12)6-7;1-10(2,3)8-4-6-9(11)7-5-8;1-10(2,3)9-7-5-4-6-8-9;1-9(2,3)8-4-6-10-7-5-8/h4-5,8H,6-7H2,1-3H3;6-8H,1-5H3;6-9H,5H2,1-4H3;4-7H,1-3H3;5-8H,1-4H3;2*5-8H,1-4H3;4-6H,1-3H3;4-7H,1-3H3;4-8H,1-3H3;4-7H,1-3H3. The molecule has 10 aromatic carbocycles. The quantitative estimate of drug-likeness (QED) is 0.162. The summed E-state index contributed by atoms with van der Waals surface area (Å²) < 4.78 is 85.0. The zero-order valence-corrected chi connectivity index (χ0v) is 86.4. The Morgan fingerprint density at radius 2 is 0.609 bits per heavy atom. The minimum Gasteiger partial charge on any atom is -0.497 e. The highest BCUT2D eigenvalue weighted by atomic mass is 19.4. The van der Waals surface area contributed by atoms with Crippen molar-refractivity contribution in [3.05, 3.63) is 373 Å². The lowest BCUT2D eigenvalue weighted by atomic mass is 9.85. The topological polar surface area (TPSA) is 31.4 Å². The molecule has 0 amide bonds. The molecule has 0 unspecified atom stereocenters. The molecule has 0 fully saturated rings. The third-order valence-electron chi connectivity index (χ3n) is 21.7. The SMILES string of the molecule is CC(C)(C)c1ccc(C(F)(F)F)cc1.CC(C)(C)c1ccc(F)c(F)c1.CC(C)(C)c1ccc(F)cc1.CC(C)(C)c1ccc2c(c1)OCC2.CC(C)(C)c1ccccc1.CC(C)(C)c1ccncc1.CCc1ccc(C(C)(C)C)cc1.COc1ccc(C(C)(C)C)cc1.Cc1ccc(C(C)(C)C)cc1.Cc1ccc(C(C)(C)C)cc1C.Cc1cccc(C(C)(C)C)c1. The summed E-state index contributed by atoms with van der Waals surface area (Å²) >= 11 is 0. The van der Waals surface area contributed by atoms with Gasteiger partial charge in [0.25, 0.3) is 0 Å². The van der Waals surface area contributed by atoms with Gasteiger partial charge in [-0.3, -0.25) is 4.98 Å². The number of pyridine rings is 1. The maximum atomic E-state index is 12.7. The van der Waals surface area contributed by atoms with E-state index >= 15 is 0 Å². The summed E-state index contributed by atoms with van der Waals surface area (Å²) in [5.74, 6) is 0.277. The summed E-state index contributed by atoms with van der Waals surface area (Å²) in [6.07, 6.45) is 1.63. The van der Waals surface area contributed by atoms with Crippen molar-refractivity contribution in [2.24, 2.45) is 0 Å². The summed E-state index contributed by atoms with van der Waals surface area (Å²) in [6, 6.07) is 78.5. The van der Waals surface area contributed by atoms with Crippen molar-refractivity contribution < 1.29 is 35.8 Å². The Bertz CT molecular complexity index is 4700. The highest BCUT2D eigenvalue weighted by molar-refractivity contribution is 5.43. The molecular weight excluding hydrogens is 1590 g/mol. The monoisotopic (exact) mass is 1750 g/mol. The van der Waals surface area contributed by atoms with E-state index in [0.717, 1.165) is 60.3 Å². The number of ether oxygens (including phenoxy) is 2. The van der Waals surface area contributed by atoms with Crippen molar-refractivity contribution in [2.45, 2.75) is 342 Å². The van der Waals surface area contributed by atoms with E-state index in [1.54, 1.807) is 13.2 Å². The van der Waals surface area contributed by atoms with Gasteiger partial charge in [-0.15, -0.1) is 0 Å². The van der Waals surface area contributed by atoms with Crippen LogP contribution in [0.25, 0.3) is 0 Å². The van der Waals surface area contributed by atoms with Gasteiger partial charge in [0.15, 0.2) is 11.6 Å². The summed E-state index contributed by atoms with van der Waals surface area (Å²) in [7, 11) is 1.69. The fourth-order valence-electron chi connectivity index (χ4n) is 12.2. The van der Waals surface area contributed by atoms with Gasteiger partial charge >= 0.3 is 6.18 Å². The lowest BCUT2D eigenvalue weighted by Gasteiger charge is -2.19. The Labute approximate surface area is 775 Å². The molecule has 1 aliphatic rings. The second-order valence-corrected chi connectivity index (χ2v) is 44.8. The Morgan fingerprint density at radius 3 is 0.961 bits per heavy atom. The molecule has 0 N–H and O–H groups in total. The van der Waals surface area contributed by atoms with Gasteiger partial charge < -0.3 is 9.47 Å². The predicted octanol–water partition coefficient (Wildman–Crippen LogP) is 35.4. The Balaban J connectivity index is 0.000000477. The Morgan fingerprint density at radius 1 is 0.289 bits per heavy atom. The van der Waals surface area contributed by atoms with Gasteiger partial charge in [0.2, 0.25) is 0 Å². The van der Waals surface area contributed by atoms with Crippen molar-refractivity contribution in [3.8, 4) is 11.5 Å². The fourth-order valence-corrected chi connectivity index (χ4v) is 12.2. The molecule has 700 valence electrons. The largest absolute Gasteiger partial charge is 0.497 e. The molecule has 0 aliphatic carbocycles. The number of fused-ring (bicyclic) bond motifs is 1. The van der Waals surface area contributed by atoms with Crippen LogP contribution in [0.3, 0.4) is 0 Å². The van der Waals surface area contributed by atoms with Crippen LogP contribution in [0, 0.1) is 45.1 Å². The van der Waals surface area contributed by atoms with E-state index in [4.69, 9.17) is 9.47 Å². The molecule has 1 aromatic heterocycles. The van der Waals surface area contributed by atoms with Crippen LogP contribution in [-0.2, 0) is 78.6 Å². The van der Waals surface area contributed by atoms with E-state index in [1.165, 1.54) is 114 Å². The number of methoxy groups -OCH3 is 1. The number of nitrogens with zero attached hydrogens (tertiary/aromatic N) is 1. The van der Waals surface area contributed by atoms with E-state index in [2.05, 4.69) is 390 Å². The fraction of sp³-hybridized carbons (Fsp3) is 0.454. The van der Waals surface area contributed by atoms with Gasteiger partial charge in [-0.05, 0) is 244 Å². The molecule has 1 aliphatic heterocycles. The smallest absolute Gasteiger partial charge is 0.416 e. The molecule has 12 rings (SSSR count). The molecule has 0 saturated heterocycles. The molecule has 9 heteroatoms. The molecule has 128 heavy (non-hydrogen) atoms. The number of hydrogen-bond acceptors (Lipinski definition) is 3. The minimum atomic E-state index is -4.24. The number of halogens is 6. The summed E-state index contributed by atoms with van der Waals surface area (Å²) in [5.41, 5.74) is 23.6. The predicted molar refractivity (Wildman–Crippen MR) is 543 cm³/mol. The first kappa shape index (κ1) is 115. The molecule has 3 nitrogen and oxygen atoms in total. The van der Waals surface area contributed by atoms with Crippen LogP contribution >= 0.6 is 0 Å².